The van der Waals surface area contributed by atoms with Crippen LogP contribution >= 0.6 is 11.6 Å². The van der Waals surface area contributed by atoms with Crippen molar-refractivity contribution in [3.8, 4) is 0 Å². The van der Waals surface area contributed by atoms with Crippen molar-refractivity contribution in [2.24, 2.45) is 5.92 Å². The summed E-state index contributed by atoms with van der Waals surface area (Å²) in [6.07, 6.45) is 0. The Morgan fingerprint density at radius 3 is 2.63 bits per heavy atom. The molecule has 1 N–H and O–H groups in total. The average molecular weight is 288 g/mol. The highest BCUT2D eigenvalue weighted by molar-refractivity contribution is 6.29. The molecule has 0 amide bonds. The topological polar surface area (TPSA) is 94.4 Å². The van der Waals surface area contributed by atoms with Crippen LogP contribution in [0.1, 0.15) is 13.8 Å². The molecule has 0 aliphatic heterocycles. The van der Waals surface area contributed by atoms with Gasteiger partial charge in [0.25, 0.3) is 0 Å². The van der Waals surface area contributed by atoms with Crippen LogP contribution in [0.5, 0.6) is 0 Å². The molecule has 0 aromatic carbocycles. The largest absolute Gasteiger partial charge is 0.467 e. The van der Waals surface area contributed by atoms with E-state index in [9.17, 15) is 14.9 Å². The van der Waals surface area contributed by atoms with Crippen LogP contribution in [0.2, 0.25) is 5.15 Å². The molecule has 0 bridgehead atoms. The molecule has 7 nitrogen and oxygen atoms in total. The highest BCUT2D eigenvalue weighted by Gasteiger charge is 2.27. The maximum absolute atomic E-state index is 11.6. The zero-order valence-electron chi connectivity index (χ0n) is 10.7. The second-order valence-electron chi connectivity index (χ2n) is 4.15. The van der Waals surface area contributed by atoms with Crippen molar-refractivity contribution in [3.05, 3.63) is 27.4 Å². The van der Waals surface area contributed by atoms with Crippen molar-refractivity contribution < 1.29 is 14.5 Å². The van der Waals surface area contributed by atoms with Crippen LogP contribution in [0.3, 0.4) is 0 Å². The lowest BCUT2D eigenvalue weighted by atomic mass is 10.0. The number of hydrogen-bond donors (Lipinski definition) is 1. The number of rotatable bonds is 5. The lowest BCUT2D eigenvalue weighted by molar-refractivity contribution is -0.384. The Kier molecular flexibility index (Phi) is 5.05. The first-order valence-corrected chi connectivity index (χ1v) is 5.90. The van der Waals surface area contributed by atoms with Crippen molar-refractivity contribution in [3.63, 3.8) is 0 Å². The van der Waals surface area contributed by atoms with E-state index in [0.29, 0.717) is 0 Å². The Balaban J connectivity index is 3.11. The SMILES string of the molecule is COC(=O)C(Nc1nc(Cl)ccc1[N+](=O)[O-])C(C)C. The van der Waals surface area contributed by atoms with Crippen LogP contribution in [-0.2, 0) is 9.53 Å². The second kappa shape index (κ2) is 6.33. The van der Waals surface area contributed by atoms with E-state index in [1.165, 1.54) is 19.2 Å². The molecule has 1 unspecified atom stereocenters. The fourth-order valence-electron chi connectivity index (χ4n) is 1.45. The number of aromatic nitrogens is 1. The van der Waals surface area contributed by atoms with Crippen molar-refractivity contribution >= 4 is 29.1 Å². The summed E-state index contributed by atoms with van der Waals surface area (Å²) in [7, 11) is 1.25. The first kappa shape index (κ1) is 15.2. The number of carbonyl (C=O) groups excluding carboxylic acids is 1. The minimum absolute atomic E-state index is 0.0541. The quantitative estimate of drug-likeness (QED) is 0.386. The molecule has 1 aromatic heterocycles. The summed E-state index contributed by atoms with van der Waals surface area (Å²) in [4.78, 5) is 25.7. The van der Waals surface area contributed by atoms with Crippen molar-refractivity contribution in [1.29, 1.82) is 0 Å². The maximum atomic E-state index is 11.6. The van der Waals surface area contributed by atoms with Crippen LogP contribution in [0, 0.1) is 16.0 Å². The lowest BCUT2D eigenvalue weighted by Gasteiger charge is -2.20. The van der Waals surface area contributed by atoms with E-state index in [-0.39, 0.29) is 22.6 Å². The number of hydrogen-bond acceptors (Lipinski definition) is 6. The molecule has 1 atom stereocenters. The van der Waals surface area contributed by atoms with E-state index in [1.54, 1.807) is 13.8 Å². The molecule has 0 saturated carbocycles. The number of methoxy groups -OCH3 is 1. The predicted molar refractivity (Wildman–Crippen MR) is 70.2 cm³/mol. The Labute approximate surface area is 115 Å². The predicted octanol–water partition coefficient (Wildman–Crippen LogP) is 2.25. The standard InChI is InChI=1S/C11H14ClN3O4/c1-6(2)9(11(16)19-3)14-10-7(15(17)18)4-5-8(12)13-10/h4-6,9H,1-3H3,(H,13,14). The summed E-state index contributed by atoms with van der Waals surface area (Å²) in [5, 5.41) is 13.7. The van der Waals surface area contributed by atoms with Crippen LogP contribution in [0.25, 0.3) is 0 Å². The molecule has 0 spiro atoms. The smallest absolute Gasteiger partial charge is 0.328 e. The van der Waals surface area contributed by atoms with E-state index in [4.69, 9.17) is 11.6 Å². The highest BCUT2D eigenvalue weighted by Crippen LogP contribution is 2.25. The van der Waals surface area contributed by atoms with Gasteiger partial charge in [0.15, 0.2) is 0 Å². The highest BCUT2D eigenvalue weighted by atomic mass is 35.5. The number of nitro groups is 1. The molecular formula is C11H14ClN3O4. The molecule has 0 aliphatic carbocycles. The molecule has 0 fully saturated rings. The summed E-state index contributed by atoms with van der Waals surface area (Å²) < 4.78 is 4.64. The molecule has 0 saturated heterocycles. The zero-order valence-corrected chi connectivity index (χ0v) is 11.5. The molecule has 8 heteroatoms. The van der Waals surface area contributed by atoms with Gasteiger partial charge in [0.05, 0.1) is 12.0 Å². The number of ether oxygens (including phenoxy) is 1. The summed E-state index contributed by atoms with van der Waals surface area (Å²) in [6.45, 7) is 3.57. The number of halogens is 1. The first-order valence-electron chi connectivity index (χ1n) is 5.52. The summed E-state index contributed by atoms with van der Waals surface area (Å²) in [5.74, 6) is -0.708. The zero-order chi connectivity index (χ0) is 14.6. The summed E-state index contributed by atoms with van der Waals surface area (Å²) >= 11 is 5.71. The van der Waals surface area contributed by atoms with Crippen molar-refractivity contribution in [1.82, 2.24) is 4.98 Å². The normalized spacial score (nSPS) is 12.1. The Bertz CT molecular complexity index is 493. The van der Waals surface area contributed by atoms with E-state index in [2.05, 4.69) is 15.0 Å². The van der Waals surface area contributed by atoms with Crippen LogP contribution in [-0.4, -0.2) is 29.0 Å². The van der Waals surface area contributed by atoms with Crippen molar-refractivity contribution in [2.75, 3.05) is 12.4 Å². The van der Waals surface area contributed by atoms with Crippen molar-refractivity contribution in [2.45, 2.75) is 19.9 Å². The fourth-order valence-corrected chi connectivity index (χ4v) is 1.60. The summed E-state index contributed by atoms with van der Waals surface area (Å²) in [6, 6.07) is 1.80. The number of pyridine rings is 1. The third kappa shape index (κ3) is 3.78. The molecule has 104 valence electrons. The van der Waals surface area contributed by atoms with Gasteiger partial charge in [-0.25, -0.2) is 9.78 Å². The molecule has 1 heterocycles. The van der Waals surface area contributed by atoms with Crippen LogP contribution in [0.4, 0.5) is 11.5 Å². The Morgan fingerprint density at radius 1 is 1.53 bits per heavy atom. The number of nitrogens with zero attached hydrogens (tertiary/aromatic N) is 2. The van der Waals surface area contributed by atoms with Gasteiger partial charge in [-0.3, -0.25) is 10.1 Å². The first-order chi connectivity index (χ1) is 8.86. The summed E-state index contributed by atoms with van der Waals surface area (Å²) in [5.41, 5.74) is -0.251. The van der Waals surface area contributed by atoms with E-state index in [0.717, 1.165) is 0 Å². The van der Waals surface area contributed by atoms with Gasteiger partial charge in [0.1, 0.15) is 11.2 Å². The minimum Gasteiger partial charge on any atom is -0.467 e. The number of nitrogens with one attached hydrogen (secondary N) is 1. The Morgan fingerprint density at radius 2 is 2.16 bits per heavy atom. The third-order valence-electron chi connectivity index (χ3n) is 2.45. The average Bonchev–Trinajstić information content (AvgIpc) is 2.34. The molecule has 0 radical (unpaired) electrons. The van der Waals surface area contributed by atoms with Gasteiger partial charge in [-0.05, 0) is 12.0 Å². The fraction of sp³-hybridized carbons (Fsp3) is 0.455. The lowest BCUT2D eigenvalue weighted by Crippen LogP contribution is -2.36. The molecule has 0 aliphatic rings. The van der Waals surface area contributed by atoms with Gasteiger partial charge in [-0.15, -0.1) is 0 Å². The van der Waals surface area contributed by atoms with Gasteiger partial charge in [0.2, 0.25) is 5.82 Å². The Hall–Kier alpha value is -1.89. The van der Waals surface area contributed by atoms with Gasteiger partial charge in [-0.2, -0.15) is 0 Å². The second-order valence-corrected chi connectivity index (χ2v) is 4.54. The maximum Gasteiger partial charge on any atom is 0.328 e. The molecule has 1 aromatic rings. The van der Waals surface area contributed by atoms with Gasteiger partial charge < -0.3 is 10.1 Å². The monoisotopic (exact) mass is 287 g/mol. The molecule has 19 heavy (non-hydrogen) atoms. The third-order valence-corrected chi connectivity index (χ3v) is 2.66. The number of carbonyl (C=O) groups is 1. The van der Waals surface area contributed by atoms with Gasteiger partial charge in [-0.1, -0.05) is 25.4 Å². The van der Waals surface area contributed by atoms with E-state index >= 15 is 0 Å². The molecular weight excluding hydrogens is 274 g/mol. The van der Waals surface area contributed by atoms with E-state index < -0.39 is 16.9 Å². The van der Waals surface area contributed by atoms with Gasteiger partial charge in [0, 0.05) is 6.07 Å². The number of esters is 1. The molecule has 1 rings (SSSR count). The van der Waals surface area contributed by atoms with E-state index in [1.807, 2.05) is 0 Å². The minimum atomic E-state index is -0.741. The van der Waals surface area contributed by atoms with Crippen LogP contribution < -0.4 is 5.32 Å². The van der Waals surface area contributed by atoms with Crippen LogP contribution in [0.15, 0.2) is 12.1 Å². The number of anilines is 1. The van der Waals surface area contributed by atoms with Gasteiger partial charge >= 0.3 is 11.7 Å².